The molecule has 0 unspecified atom stereocenters. The van der Waals surface area contributed by atoms with E-state index < -0.39 is 0 Å². The van der Waals surface area contributed by atoms with Crippen LogP contribution >= 0.6 is 23.2 Å². The molecule has 0 radical (unpaired) electrons. The van der Waals surface area contributed by atoms with E-state index >= 15 is 0 Å². The molecule has 1 saturated carbocycles. The van der Waals surface area contributed by atoms with Crippen molar-refractivity contribution in [2.75, 3.05) is 6.54 Å². The molecular weight excluding hydrogens is 367 g/mol. The maximum Gasteiger partial charge on any atom is 0.101 e. The molecular formula is C20H20Cl2N4. The first-order valence-corrected chi connectivity index (χ1v) is 9.55. The third-order valence-electron chi connectivity index (χ3n) is 4.94. The Labute approximate surface area is 164 Å². The lowest BCUT2D eigenvalue weighted by atomic mass is 10.1. The molecule has 0 saturated heterocycles. The summed E-state index contributed by atoms with van der Waals surface area (Å²) < 4.78 is 2.01. The summed E-state index contributed by atoms with van der Waals surface area (Å²) in [4.78, 5) is 2.35. The van der Waals surface area contributed by atoms with Gasteiger partial charge in [0.05, 0.1) is 28.3 Å². The van der Waals surface area contributed by atoms with Crippen LogP contribution in [0, 0.1) is 22.7 Å². The highest BCUT2D eigenvalue weighted by molar-refractivity contribution is 6.43. The van der Waals surface area contributed by atoms with Crippen LogP contribution in [0.1, 0.15) is 37.7 Å². The van der Waals surface area contributed by atoms with E-state index in [-0.39, 0.29) is 0 Å². The molecule has 4 nitrogen and oxygen atoms in total. The first kappa shape index (κ1) is 18.8. The summed E-state index contributed by atoms with van der Waals surface area (Å²) in [5.74, 6) is 0. The Kier molecular flexibility index (Phi) is 6.22. The van der Waals surface area contributed by atoms with Crippen LogP contribution in [-0.2, 0) is 6.67 Å². The summed E-state index contributed by atoms with van der Waals surface area (Å²) in [5, 5.41) is 19.4. The quantitative estimate of drug-likeness (QED) is 0.662. The minimum atomic E-state index is 0.459. The van der Waals surface area contributed by atoms with Gasteiger partial charge in [0, 0.05) is 42.5 Å². The Balaban J connectivity index is 1.89. The third kappa shape index (κ3) is 4.05. The van der Waals surface area contributed by atoms with Crippen molar-refractivity contribution in [3.8, 4) is 23.3 Å². The number of benzene rings is 1. The summed E-state index contributed by atoms with van der Waals surface area (Å²) in [5.41, 5.74) is 2.12. The van der Waals surface area contributed by atoms with Crippen molar-refractivity contribution in [2.45, 2.75) is 44.8 Å². The standard InChI is InChI=1S/C20H20Cl2N4/c21-19-8-3-7-17(20(19)22)18-13-25(12-15(18)11-24)14-26(10-4-9-23)16-5-1-2-6-16/h3,7-8,12-13,16H,1-2,4-6,10,14H2. The van der Waals surface area contributed by atoms with Crippen LogP contribution in [0.4, 0.5) is 0 Å². The molecule has 3 rings (SSSR count). The van der Waals surface area contributed by atoms with Gasteiger partial charge in [-0.2, -0.15) is 10.5 Å². The van der Waals surface area contributed by atoms with E-state index in [0.717, 1.165) is 17.7 Å². The lowest BCUT2D eigenvalue weighted by Crippen LogP contribution is -2.35. The maximum atomic E-state index is 9.54. The molecule has 0 atom stereocenters. The van der Waals surface area contributed by atoms with Crippen molar-refractivity contribution in [1.82, 2.24) is 9.47 Å². The normalized spacial score (nSPS) is 14.5. The topological polar surface area (TPSA) is 55.8 Å². The fraction of sp³-hybridized carbons (Fsp3) is 0.400. The zero-order valence-electron chi connectivity index (χ0n) is 14.5. The van der Waals surface area contributed by atoms with Crippen molar-refractivity contribution < 1.29 is 0 Å². The van der Waals surface area contributed by atoms with Crippen molar-refractivity contribution in [2.24, 2.45) is 0 Å². The summed E-state index contributed by atoms with van der Waals surface area (Å²) in [7, 11) is 0. The van der Waals surface area contributed by atoms with Crippen LogP contribution in [-0.4, -0.2) is 22.1 Å². The zero-order chi connectivity index (χ0) is 18.5. The molecule has 1 heterocycles. The molecule has 0 N–H and O–H groups in total. The van der Waals surface area contributed by atoms with Crippen molar-refractivity contribution in [1.29, 1.82) is 10.5 Å². The molecule has 134 valence electrons. The second-order valence-electron chi connectivity index (χ2n) is 6.61. The van der Waals surface area contributed by atoms with Gasteiger partial charge in [-0.3, -0.25) is 4.90 Å². The Morgan fingerprint density at radius 2 is 1.88 bits per heavy atom. The van der Waals surface area contributed by atoms with Crippen LogP contribution in [0.3, 0.4) is 0 Å². The second-order valence-corrected chi connectivity index (χ2v) is 7.40. The molecule has 0 bridgehead atoms. The SMILES string of the molecule is N#CCCN(Cn1cc(C#N)c(-c2cccc(Cl)c2Cl)c1)C1CCCC1. The van der Waals surface area contributed by atoms with Gasteiger partial charge in [-0.25, -0.2) is 0 Å². The van der Waals surface area contributed by atoms with Gasteiger partial charge in [0.25, 0.3) is 0 Å². The predicted octanol–water partition coefficient (Wildman–Crippen LogP) is 5.45. The van der Waals surface area contributed by atoms with Gasteiger partial charge in [-0.15, -0.1) is 0 Å². The van der Waals surface area contributed by atoms with Gasteiger partial charge in [0.2, 0.25) is 0 Å². The lowest BCUT2D eigenvalue weighted by Gasteiger charge is -2.28. The van der Waals surface area contributed by atoms with E-state index in [4.69, 9.17) is 28.5 Å². The van der Waals surface area contributed by atoms with Crippen LogP contribution in [0.25, 0.3) is 11.1 Å². The number of rotatable bonds is 6. The fourth-order valence-electron chi connectivity index (χ4n) is 3.65. The number of hydrogen-bond acceptors (Lipinski definition) is 3. The van der Waals surface area contributed by atoms with Crippen molar-refractivity contribution >= 4 is 23.2 Å². The Morgan fingerprint density at radius 1 is 1.12 bits per heavy atom. The average molecular weight is 387 g/mol. The molecule has 2 aromatic rings. The Bertz CT molecular complexity index is 854. The van der Waals surface area contributed by atoms with Gasteiger partial charge < -0.3 is 4.57 Å². The van der Waals surface area contributed by atoms with E-state index in [2.05, 4.69) is 17.0 Å². The first-order valence-electron chi connectivity index (χ1n) is 8.79. The zero-order valence-corrected chi connectivity index (χ0v) is 16.0. The summed E-state index contributed by atoms with van der Waals surface area (Å²) in [6.07, 6.45) is 9.13. The largest absolute Gasteiger partial charge is 0.339 e. The molecule has 1 aliphatic carbocycles. The molecule has 1 aromatic heterocycles. The van der Waals surface area contributed by atoms with Crippen LogP contribution in [0.5, 0.6) is 0 Å². The average Bonchev–Trinajstić information content (AvgIpc) is 3.30. The first-order chi connectivity index (χ1) is 12.6. The number of nitrogens with zero attached hydrogens (tertiary/aromatic N) is 4. The van der Waals surface area contributed by atoms with Gasteiger partial charge in [-0.05, 0) is 18.9 Å². The van der Waals surface area contributed by atoms with E-state index in [1.54, 1.807) is 6.07 Å². The molecule has 1 aromatic carbocycles. The third-order valence-corrected chi connectivity index (χ3v) is 5.76. The van der Waals surface area contributed by atoms with E-state index in [9.17, 15) is 5.26 Å². The summed E-state index contributed by atoms with van der Waals surface area (Å²) >= 11 is 12.5. The highest BCUT2D eigenvalue weighted by Crippen LogP contribution is 2.35. The fourth-order valence-corrected chi connectivity index (χ4v) is 4.05. The molecule has 1 aliphatic rings. The molecule has 0 aliphatic heterocycles. The van der Waals surface area contributed by atoms with Gasteiger partial charge >= 0.3 is 0 Å². The van der Waals surface area contributed by atoms with Crippen molar-refractivity contribution in [3.05, 3.63) is 46.2 Å². The predicted molar refractivity (Wildman–Crippen MR) is 104 cm³/mol. The maximum absolute atomic E-state index is 9.54. The van der Waals surface area contributed by atoms with Crippen LogP contribution < -0.4 is 0 Å². The number of halogens is 2. The number of nitriles is 2. The van der Waals surface area contributed by atoms with E-state index in [1.165, 1.54) is 25.7 Å². The van der Waals surface area contributed by atoms with E-state index in [0.29, 0.717) is 34.7 Å². The van der Waals surface area contributed by atoms with Crippen LogP contribution in [0.15, 0.2) is 30.6 Å². The minimum absolute atomic E-state index is 0.459. The summed E-state index contributed by atoms with van der Waals surface area (Å²) in [6.45, 7) is 1.41. The smallest absolute Gasteiger partial charge is 0.101 e. The molecule has 0 amide bonds. The van der Waals surface area contributed by atoms with Gasteiger partial charge in [0.15, 0.2) is 0 Å². The van der Waals surface area contributed by atoms with Gasteiger partial charge in [-0.1, -0.05) is 48.2 Å². The van der Waals surface area contributed by atoms with Crippen molar-refractivity contribution in [3.63, 3.8) is 0 Å². The Morgan fingerprint density at radius 3 is 2.58 bits per heavy atom. The monoisotopic (exact) mass is 386 g/mol. The Hall–Kier alpha value is -1.98. The molecule has 26 heavy (non-hydrogen) atoms. The highest BCUT2D eigenvalue weighted by Gasteiger charge is 2.23. The molecule has 6 heteroatoms. The second kappa shape index (κ2) is 8.60. The van der Waals surface area contributed by atoms with Crippen LogP contribution in [0.2, 0.25) is 10.0 Å². The van der Waals surface area contributed by atoms with E-state index in [1.807, 2.05) is 29.1 Å². The molecule has 1 fully saturated rings. The summed E-state index contributed by atoms with van der Waals surface area (Å²) in [6, 6.07) is 10.4. The molecule has 0 spiro atoms. The number of hydrogen-bond donors (Lipinski definition) is 0. The lowest BCUT2D eigenvalue weighted by molar-refractivity contribution is 0.157. The number of aromatic nitrogens is 1. The van der Waals surface area contributed by atoms with Gasteiger partial charge in [0.1, 0.15) is 6.07 Å². The minimum Gasteiger partial charge on any atom is -0.339 e. The highest BCUT2D eigenvalue weighted by atomic mass is 35.5.